The number of carbonyl (C=O) groups is 1. The Bertz CT molecular complexity index is 1540. The SMILES string of the molecule is CCOc1ccccc1Cn1c2cc(-c3c(Cl)cccc3Cl)c[c]c2c2c(C(N)=O)cccc21. The molecule has 0 unspecified atom stereocenters. The average Bonchev–Trinajstić information content (AvgIpc) is 3.13. The van der Waals surface area contributed by atoms with Crippen molar-refractivity contribution in [1.82, 2.24) is 4.57 Å². The number of hydrogen-bond donors (Lipinski definition) is 1. The summed E-state index contributed by atoms with van der Waals surface area (Å²) in [5.41, 5.74) is 10.6. The second-order valence-electron chi connectivity index (χ2n) is 7.94. The van der Waals surface area contributed by atoms with Gasteiger partial charge in [-0.2, -0.15) is 0 Å². The molecule has 6 heteroatoms. The van der Waals surface area contributed by atoms with Crippen LogP contribution in [0.4, 0.5) is 0 Å². The first kappa shape index (κ1) is 22.3. The number of primary amides is 1. The number of hydrogen-bond acceptors (Lipinski definition) is 2. The number of benzene rings is 4. The largest absolute Gasteiger partial charge is 0.494 e. The van der Waals surface area contributed by atoms with Gasteiger partial charge in [-0.1, -0.05) is 53.5 Å². The van der Waals surface area contributed by atoms with Crippen molar-refractivity contribution in [2.45, 2.75) is 13.5 Å². The molecule has 0 saturated carbocycles. The van der Waals surface area contributed by atoms with Crippen molar-refractivity contribution in [1.29, 1.82) is 0 Å². The number of para-hydroxylation sites is 1. The lowest BCUT2D eigenvalue weighted by Crippen LogP contribution is -2.11. The number of nitrogens with zero attached hydrogens (tertiary/aromatic N) is 1. The summed E-state index contributed by atoms with van der Waals surface area (Å²) >= 11 is 13.0. The van der Waals surface area contributed by atoms with E-state index in [1.165, 1.54) is 0 Å². The van der Waals surface area contributed by atoms with E-state index in [1.54, 1.807) is 6.07 Å². The third-order valence-corrected chi connectivity index (χ3v) is 6.54. The molecule has 0 fully saturated rings. The molecule has 4 aromatic carbocycles. The highest BCUT2D eigenvalue weighted by molar-refractivity contribution is 6.39. The molecular formula is C28H21Cl2N2O2. The minimum absolute atomic E-state index is 0.458. The van der Waals surface area contributed by atoms with Gasteiger partial charge in [0.1, 0.15) is 5.75 Å². The highest BCUT2D eigenvalue weighted by Crippen LogP contribution is 2.39. The number of amides is 1. The lowest BCUT2D eigenvalue weighted by molar-refractivity contribution is 0.100. The predicted octanol–water partition coefficient (Wildman–Crippen LogP) is 7.11. The first-order chi connectivity index (χ1) is 16.5. The molecule has 2 N–H and O–H groups in total. The number of rotatable bonds is 6. The van der Waals surface area contributed by atoms with Crippen LogP contribution in [0, 0.1) is 6.07 Å². The number of aromatic nitrogens is 1. The van der Waals surface area contributed by atoms with E-state index in [1.807, 2.05) is 73.7 Å². The summed E-state index contributed by atoms with van der Waals surface area (Å²) in [5, 5.41) is 2.70. The van der Waals surface area contributed by atoms with E-state index in [0.29, 0.717) is 28.8 Å². The monoisotopic (exact) mass is 487 g/mol. The van der Waals surface area contributed by atoms with E-state index in [-0.39, 0.29) is 0 Å². The van der Waals surface area contributed by atoms with E-state index in [9.17, 15) is 4.79 Å². The molecule has 5 aromatic rings. The highest BCUT2D eigenvalue weighted by Gasteiger charge is 2.19. The summed E-state index contributed by atoms with van der Waals surface area (Å²) in [6.07, 6.45) is 0. The molecule has 34 heavy (non-hydrogen) atoms. The molecule has 1 radical (unpaired) electrons. The maximum Gasteiger partial charge on any atom is 0.249 e. The molecular weight excluding hydrogens is 467 g/mol. The van der Waals surface area contributed by atoms with Gasteiger partial charge in [0.15, 0.2) is 0 Å². The number of ether oxygens (including phenoxy) is 1. The predicted molar refractivity (Wildman–Crippen MR) is 139 cm³/mol. The van der Waals surface area contributed by atoms with E-state index in [2.05, 4.69) is 10.6 Å². The summed E-state index contributed by atoms with van der Waals surface area (Å²) < 4.78 is 8.02. The molecule has 0 aliphatic heterocycles. The minimum Gasteiger partial charge on any atom is -0.494 e. The standard InChI is InChI=1S/C28H21Cl2N2O2/c1-2-34-25-12-4-3-7-18(25)16-32-23-11-5-8-20(28(31)33)27(23)19-14-13-17(15-24(19)32)26-21(29)9-6-10-22(26)30/h3-13,15H,2,16H2,1H3,(H2,31,33). The first-order valence-corrected chi connectivity index (χ1v) is 11.7. The minimum atomic E-state index is -0.481. The van der Waals surface area contributed by atoms with Crippen LogP contribution in [0.3, 0.4) is 0 Å². The summed E-state index contributed by atoms with van der Waals surface area (Å²) in [4.78, 5) is 12.3. The first-order valence-electron chi connectivity index (χ1n) is 10.9. The van der Waals surface area contributed by atoms with Crippen LogP contribution in [0.5, 0.6) is 5.75 Å². The number of nitrogens with two attached hydrogens (primary N) is 1. The third kappa shape index (κ3) is 3.79. The van der Waals surface area contributed by atoms with Gasteiger partial charge in [0, 0.05) is 37.5 Å². The van der Waals surface area contributed by atoms with Crippen LogP contribution in [0.2, 0.25) is 10.0 Å². The molecule has 169 valence electrons. The molecule has 5 rings (SSSR count). The van der Waals surface area contributed by atoms with Crippen molar-refractivity contribution in [3.63, 3.8) is 0 Å². The second-order valence-corrected chi connectivity index (χ2v) is 8.75. The highest BCUT2D eigenvalue weighted by atomic mass is 35.5. The Balaban J connectivity index is 1.82. The van der Waals surface area contributed by atoms with Crippen molar-refractivity contribution in [2.24, 2.45) is 5.73 Å². The number of halogens is 2. The van der Waals surface area contributed by atoms with E-state index in [4.69, 9.17) is 33.7 Å². The van der Waals surface area contributed by atoms with Crippen LogP contribution in [0.25, 0.3) is 32.9 Å². The summed E-state index contributed by atoms with van der Waals surface area (Å²) in [5.74, 6) is 0.339. The third-order valence-electron chi connectivity index (χ3n) is 5.91. The van der Waals surface area contributed by atoms with Crippen molar-refractivity contribution >= 4 is 50.9 Å². The van der Waals surface area contributed by atoms with Crippen LogP contribution in [-0.2, 0) is 6.54 Å². The van der Waals surface area contributed by atoms with Crippen LogP contribution in [0.15, 0.2) is 72.8 Å². The Kier molecular flexibility index (Phi) is 5.94. The number of fused-ring (bicyclic) bond motifs is 3. The zero-order valence-corrected chi connectivity index (χ0v) is 20.0. The van der Waals surface area contributed by atoms with Gasteiger partial charge in [0.2, 0.25) is 5.91 Å². The molecule has 0 aliphatic rings. The quantitative estimate of drug-likeness (QED) is 0.277. The van der Waals surface area contributed by atoms with E-state index >= 15 is 0 Å². The van der Waals surface area contributed by atoms with Crippen LogP contribution in [0.1, 0.15) is 22.8 Å². The molecule has 0 saturated heterocycles. The zero-order chi connectivity index (χ0) is 23.8. The van der Waals surface area contributed by atoms with Gasteiger partial charge >= 0.3 is 0 Å². The average molecular weight is 488 g/mol. The van der Waals surface area contributed by atoms with Crippen LogP contribution >= 0.6 is 23.2 Å². The van der Waals surface area contributed by atoms with Crippen LogP contribution < -0.4 is 10.5 Å². The lowest BCUT2D eigenvalue weighted by Gasteiger charge is -2.13. The molecule has 0 bridgehead atoms. The second kappa shape index (κ2) is 9.05. The van der Waals surface area contributed by atoms with Gasteiger partial charge in [-0.15, -0.1) is 0 Å². The Morgan fingerprint density at radius 2 is 1.74 bits per heavy atom. The Labute approximate surface area is 207 Å². The smallest absolute Gasteiger partial charge is 0.249 e. The summed E-state index contributed by atoms with van der Waals surface area (Å²) in [6.45, 7) is 3.07. The van der Waals surface area contributed by atoms with Crippen molar-refractivity contribution in [3.8, 4) is 16.9 Å². The Morgan fingerprint density at radius 1 is 1.00 bits per heavy atom. The fraction of sp³-hybridized carbons (Fsp3) is 0.107. The fourth-order valence-electron chi connectivity index (χ4n) is 4.45. The summed E-state index contributed by atoms with van der Waals surface area (Å²) in [6, 6.07) is 26.2. The van der Waals surface area contributed by atoms with Gasteiger partial charge in [0.25, 0.3) is 0 Å². The van der Waals surface area contributed by atoms with Gasteiger partial charge in [-0.25, -0.2) is 0 Å². The van der Waals surface area contributed by atoms with Crippen molar-refractivity contribution < 1.29 is 9.53 Å². The van der Waals surface area contributed by atoms with Crippen molar-refractivity contribution in [2.75, 3.05) is 6.61 Å². The molecule has 0 aliphatic carbocycles. The zero-order valence-electron chi connectivity index (χ0n) is 18.4. The van der Waals surface area contributed by atoms with Gasteiger partial charge in [-0.3, -0.25) is 4.79 Å². The van der Waals surface area contributed by atoms with Crippen LogP contribution in [-0.4, -0.2) is 17.1 Å². The van der Waals surface area contributed by atoms with Gasteiger partial charge < -0.3 is 15.0 Å². The summed E-state index contributed by atoms with van der Waals surface area (Å²) in [7, 11) is 0. The lowest BCUT2D eigenvalue weighted by atomic mass is 10.0. The molecule has 4 nitrogen and oxygen atoms in total. The molecule has 1 aromatic heterocycles. The van der Waals surface area contributed by atoms with Gasteiger partial charge in [0.05, 0.1) is 24.2 Å². The molecule has 1 amide bonds. The van der Waals surface area contributed by atoms with Crippen molar-refractivity contribution in [3.05, 3.63) is 100 Å². The fourth-order valence-corrected chi connectivity index (χ4v) is 5.07. The topological polar surface area (TPSA) is 57.2 Å². The Hall–Kier alpha value is -3.47. The maximum atomic E-state index is 12.3. The van der Waals surface area contributed by atoms with Gasteiger partial charge in [-0.05, 0) is 61.0 Å². The number of carbonyl (C=O) groups excluding carboxylic acids is 1. The normalized spacial score (nSPS) is 11.3. The molecule has 0 spiro atoms. The maximum absolute atomic E-state index is 12.3. The Morgan fingerprint density at radius 3 is 2.47 bits per heavy atom. The molecule has 1 heterocycles. The van der Waals surface area contributed by atoms with E-state index in [0.717, 1.165) is 44.2 Å². The molecule has 0 atom stereocenters. The van der Waals surface area contributed by atoms with E-state index < -0.39 is 5.91 Å².